The summed E-state index contributed by atoms with van der Waals surface area (Å²) in [5, 5.41) is 10.6. The van der Waals surface area contributed by atoms with Crippen LogP contribution >= 0.6 is 0 Å². The van der Waals surface area contributed by atoms with Crippen molar-refractivity contribution in [3.63, 3.8) is 0 Å². The summed E-state index contributed by atoms with van der Waals surface area (Å²) in [4.78, 5) is 23.0. The summed E-state index contributed by atoms with van der Waals surface area (Å²) in [7, 11) is 0. The summed E-state index contributed by atoms with van der Waals surface area (Å²) < 4.78 is 40.6. The number of carbonyl (C=O) groups excluding carboxylic acids is 1. The highest BCUT2D eigenvalue weighted by atomic mass is 19.4. The predicted octanol–water partition coefficient (Wildman–Crippen LogP) is 0.824. The van der Waals surface area contributed by atoms with E-state index in [2.05, 4.69) is 5.32 Å². The van der Waals surface area contributed by atoms with Gasteiger partial charge in [-0.3, -0.25) is 0 Å². The largest absolute Gasteiger partial charge is 0.480 e. The number of alkyl halides is 3. The van der Waals surface area contributed by atoms with Crippen LogP contribution in [0.15, 0.2) is 0 Å². The van der Waals surface area contributed by atoms with E-state index >= 15 is 0 Å². The van der Waals surface area contributed by atoms with Crippen LogP contribution in [0.2, 0.25) is 0 Å². The molecule has 2 amide bonds. The van der Waals surface area contributed by atoms with Gasteiger partial charge in [0.15, 0.2) is 0 Å². The number of hydrogen-bond donors (Lipinski definition) is 2. The molecule has 0 bridgehead atoms. The zero-order chi connectivity index (χ0) is 14.7. The quantitative estimate of drug-likeness (QED) is 0.783. The Morgan fingerprint density at radius 3 is 2.47 bits per heavy atom. The monoisotopic (exact) mass is 284 g/mol. The lowest BCUT2D eigenvalue weighted by Gasteiger charge is -2.46. The minimum Gasteiger partial charge on any atom is -0.480 e. The van der Waals surface area contributed by atoms with Gasteiger partial charge in [0.05, 0.1) is 19.5 Å². The van der Waals surface area contributed by atoms with Crippen molar-refractivity contribution in [2.75, 3.05) is 26.2 Å². The average molecular weight is 284 g/mol. The molecule has 0 saturated carbocycles. The predicted molar refractivity (Wildman–Crippen MR) is 57.6 cm³/mol. The molecule has 19 heavy (non-hydrogen) atoms. The third-order valence-corrected chi connectivity index (χ3v) is 2.57. The van der Waals surface area contributed by atoms with Gasteiger partial charge in [0.2, 0.25) is 0 Å². The molecular weight excluding hydrogens is 269 g/mol. The molecule has 0 atom stereocenters. The molecule has 0 unspecified atom stereocenters. The third-order valence-electron chi connectivity index (χ3n) is 2.57. The number of nitrogens with one attached hydrogen (secondary N) is 1. The molecule has 0 aromatic rings. The number of rotatable bonds is 5. The van der Waals surface area contributed by atoms with Crippen molar-refractivity contribution < 1.29 is 32.6 Å². The van der Waals surface area contributed by atoms with Crippen molar-refractivity contribution in [2.24, 2.45) is 0 Å². The fraction of sp³-hybridized carbons (Fsp3) is 0.800. The zero-order valence-electron chi connectivity index (χ0n) is 10.3. The standard InChI is InChI=1S/C10H15F3N2O4/c1-9(19-4-7(16)17)5-15(6-9)8(18)14-3-2-10(11,12)13/h2-6H2,1H3,(H,14,18)(H,16,17). The van der Waals surface area contributed by atoms with Crippen molar-refractivity contribution in [2.45, 2.75) is 25.1 Å². The van der Waals surface area contributed by atoms with Crippen LogP contribution < -0.4 is 5.32 Å². The van der Waals surface area contributed by atoms with Gasteiger partial charge < -0.3 is 20.1 Å². The lowest BCUT2D eigenvalue weighted by molar-refractivity contribution is -0.159. The van der Waals surface area contributed by atoms with E-state index in [4.69, 9.17) is 9.84 Å². The van der Waals surface area contributed by atoms with Crippen LogP contribution in [0.5, 0.6) is 0 Å². The van der Waals surface area contributed by atoms with E-state index in [1.165, 1.54) is 4.90 Å². The second-order valence-electron chi connectivity index (χ2n) is 4.59. The topological polar surface area (TPSA) is 78.9 Å². The number of aliphatic carboxylic acids is 1. The molecule has 1 saturated heterocycles. The number of amides is 2. The highest BCUT2D eigenvalue weighted by molar-refractivity contribution is 5.75. The van der Waals surface area contributed by atoms with Gasteiger partial charge >= 0.3 is 18.2 Å². The maximum Gasteiger partial charge on any atom is 0.390 e. The van der Waals surface area contributed by atoms with Gasteiger partial charge in [0.25, 0.3) is 0 Å². The highest BCUT2D eigenvalue weighted by Gasteiger charge is 2.42. The summed E-state index contributed by atoms with van der Waals surface area (Å²) in [5.74, 6) is -1.12. The van der Waals surface area contributed by atoms with Gasteiger partial charge in [-0.15, -0.1) is 0 Å². The van der Waals surface area contributed by atoms with E-state index in [1.807, 2.05) is 0 Å². The Bertz CT molecular complexity index is 353. The lowest BCUT2D eigenvalue weighted by atomic mass is 9.97. The molecule has 0 spiro atoms. The van der Waals surface area contributed by atoms with Crippen LogP contribution in [-0.2, 0) is 9.53 Å². The van der Waals surface area contributed by atoms with Gasteiger partial charge in [0, 0.05) is 6.54 Å². The SMILES string of the molecule is CC1(OCC(=O)O)CN(C(=O)NCCC(F)(F)F)C1. The van der Waals surface area contributed by atoms with Crippen molar-refractivity contribution in [1.82, 2.24) is 10.2 Å². The van der Waals surface area contributed by atoms with Crippen LogP contribution in [0.3, 0.4) is 0 Å². The van der Waals surface area contributed by atoms with Crippen LogP contribution in [-0.4, -0.2) is 60.0 Å². The molecule has 9 heteroatoms. The molecule has 1 aliphatic rings. The Morgan fingerprint density at radius 1 is 1.42 bits per heavy atom. The number of nitrogens with zero attached hydrogens (tertiary/aromatic N) is 1. The van der Waals surface area contributed by atoms with Gasteiger partial charge in [0.1, 0.15) is 12.2 Å². The number of halogens is 3. The van der Waals surface area contributed by atoms with Crippen molar-refractivity contribution in [1.29, 1.82) is 0 Å². The Hall–Kier alpha value is -1.51. The number of carbonyl (C=O) groups is 2. The first-order chi connectivity index (χ1) is 8.61. The second kappa shape index (κ2) is 5.64. The van der Waals surface area contributed by atoms with E-state index in [0.717, 1.165) is 0 Å². The fourth-order valence-corrected chi connectivity index (χ4v) is 1.65. The van der Waals surface area contributed by atoms with E-state index in [-0.39, 0.29) is 13.1 Å². The Morgan fingerprint density at radius 2 is 2.00 bits per heavy atom. The van der Waals surface area contributed by atoms with Gasteiger partial charge in [-0.1, -0.05) is 0 Å². The average Bonchev–Trinajstić information content (AvgIpc) is 2.20. The molecule has 0 aromatic carbocycles. The first kappa shape index (κ1) is 15.5. The smallest absolute Gasteiger partial charge is 0.390 e. The lowest BCUT2D eigenvalue weighted by Crippen LogP contribution is -2.65. The third kappa shape index (κ3) is 5.33. The van der Waals surface area contributed by atoms with Crippen LogP contribution in [0, 0.1) is 0 Å². The number of ether oxygens (including phenoxy) is 1. The Labute approximate surface area is 107 Å². The van der Waals surface area contributed by atoms with E-state index < -0.39 is 43.4 Å². The summed E-state index contributed by atoms with van der Waals surface area (Å²) >= 11 is 0. The number of hydrogen-bond acceptors (Lipinski definition) is 3. The summed E-state index contributed by atoms with van der Waals surface area (Å²) in [5.41, 5.74) is -0.750. The summed E-state index contributed by atoms with van der Waals surface area (Å²) in [6, 6.07) is -0.611. The zero-order valence-corrected chi connectivity index (χ0v) is 10.3. The number of urea groups is 1. The molecule has 1 aliphatic heterocycles. The van der Waals surface area contributed by atoms with Gasteiger partial charge in [-0.05, 0) is 6.92 Å². The van der Waals surface area contributed by atoms with Crippen molar-refractivity contribution >= 4 is 12.0 Å². The molecule has 1 fully saturated rings. The molecule has 1 heterocycles. The van der Waals surface area contributed by atoms with Crippen LogP contribution in [0.25, 0.3) is 0 Å². The maximum atomic E-state index is 11.9. The Kier molecular flexibility index (Phi) is 4.61. The molecule has 0 radical (unpaired) electrons. The Balaban J connectivity index is 2.22. The number of carboxylic acids is 1. The van der Waals surface area contributed by atoms with Crippen molar-refractivity contribution in [3.05, 3.63) is 0 Å². The maximum absolute atomic E-state index is 11.9. The normalized spacial score (nSPS) is 17.8. The fourth-order valence-electron chi connectivity index (χ4n) is 1.65. The number of carboxylic acid groups (broad SMARTS) is 1. The minimum absolute atomic E-state index is 0.151. The van der Waals surface area contributed by atoms with Crippen LogP contribution in [0.4, 0.5) is 18.0 Å². The summed E-state index contributed by atoms with van der Waals surface area (Å²) in [6.07, 6.45) is -5.39. The molecule has 6 nitrogen and oxygen atoms in total. The van der Waals surface area contributed by atoms with E-state index in [1.54, 1.807) is 6.92 Å². The van der Waals surface area contributed by atoms with E-state index in [9.17, 15) is 22.8 Å². The number of likely N-dealkylation sites (tertiary alicyclic amines) is 1. The minimum atomic E-state index is -4.30. The van der Waals surface area contributed by atoms with E-state index in [0.29, 0.717) is 0 Å². The molecular formula is C10H15F3N2O4. The first-order valence-corrected chi connectivity index (χ1v) is 5.57. The second-order valence-corrected chi connectivity index (χ2v) is 4.59. The van der Waals surface area contributed by atoms with Gasteiger partial charge in [-0.2, -0.15) is 13.2 Å². The highest BCUT2D eigenvalue weighted by Crippen LogP contribution is 2.24. The summed E-state index contributed by atoms with van der Waals surface area (Å²) in [6.45, 7) is 0.983. The van der Waals surface area contributed by atoms with Gasteiger partial charge in [-0.25, -0.2) is 9.59 Å². The molecule has 110 valence electrons. The van der Waals surface area contributed by atoms with Crippen molar-refractivity contribution in [3.8, 4) is 0 Å². The van der Waals surface area contributed by atoms with Crippen LogP contribution in [0.1, 0.15) is 13.3 Å². The first-order valence-electron chi connectivity index (χ1n) is 5.57. The molecule has 0 aliphatic carbocycles. The molecule has 1 rings (SSSR count). The molecule has 2 N–H and O–H groups in total. The molecule has 0 aromatic heterocycles.